The first-order valence-corrected chi connectivity index (χ1v) is 6.57. The van der Waals surface area contributed by atoms with Gasteiger partial charge in [0.05, 0.1) is 5.69 Å². The minimum absolute atomic E-state index is 0.325. The third kappa shape index (κ3) is 1.59. The third-order valence-corrected chi connectivity index (χ3v) is 4.30. The molecule has 1 aromatic rings. The molecule has 0 spiro atoms. The summed E-state index contributed by atoms with van der Waals surface area (Å²) in [4.78, 5) is 24.7. The minimum Gasteiger partial charge on any atom is -0.323 e. The van der Waals surface area contributed by atoms with Crippen molar-refractivity contribution in [3.63, 3.8) is 0 Å². The Kier molecular flexibility index (Phi) is 2.71. The molecule has 1 unspecified atom stereocenters. The van der Waals surface area contributed by atoms with Crippen LogP contribution in [0.25, 0.3) is 0 Å². The summed E-state index contributed by atoms with van der Waals surface area (Å²) in [5, 5.41) is 5.72. The lowest BCUT2D eigenvalue weighted by Crippen LogP contribution is -2.27. The lowest BCUT2D eigenvalue weighted by Gasteiger charge is -2.27. The number of nitrogens with one attached hydrogen (secondary N) is 1. The maximum Gasteiger partial charge on any atom is 0.257 e. The first-order valence-electron chi connectivity index (χ1n) is 5.78. The fraction of sp³-hybridized carbons (Fsp3) is 0.417. The number of amides is 1. The van der Waals surface area contributed by atoms with Crippen molar-refractivity contribution in [2.75, 3.05) is 18.9 Å². The summed E-state index contributed by atoms with van der Waals surface area (Å²) in [5.74, 6) is -0.325. The Hall–Kier alpha value is -1.27. The van der Waals surface area contributed by atoms with E-state index in [4.69, 9.17) is 0 Å². The first kappa shape index (κ1) is 11.8. The molecule has 0 radical (unpaired) electrons. The second kappa shape index (κ2) is 4.13. The molecular weight excluding hydrogens is 298 g/mol. The molecule has 1 amide bonds. The molecule has 0 bridgehead atoms. The van der Waals surface area contributed by atoms with Crippen LogP contribution >= 0.6 is 15.9 Å². The van der Waals surface area contributed by atoms with Gasteiger partial charge in [0.15, 0.2) is 6.04 Å². The van der Waals surface area contributed by atoms with Gasteiger partial charge in [-0.2, -0.15) is 0 Å². The molecular formula is C12H12BrN3O2. The monoisotopic (exact) mass is 309 g/mol. The molecule has 2 aliphatic rings. The molecule has 2 heterocycles. The Bertz CT molecular complexity index is 559. The number of benzene rings is 1. The second-order valence-electron chi connectivity index (χ2n) is 4.76. The molecule has 1 aromatic carbocycles. The minimum atomic E-state index is -0.908. The largest absolute Gasteiger partial charge is 0.323 e. The van der Waals surface area contributed by atoms with Crippen LogP contribution in [0.1, 0.15) is 22.7 Å². The van der Waals surface area contributed by atoms with Crippen molar-refractivity contribution in [3.05, 3.63) is 32.1 Å². The third-order valence-electron chi connectivity index (χ3n) is 3.59. The molecule has 2 aliphatic heterocycles. The van der Waals surface area contributed by atoms with Crippen molar-refractivity contribution in [2.45, 2.75) is 19.0 Å². The van der Waals surface area contributed by atoms with Crippen molar-refractivity contribution < 1.29 is 4.79 Å². The molecule has 5 nitrogen and oxygen atoms in total. The van der Waals surface area contributed by atoms with Crippen LogP contribution in [0.15, 0.2) is 15.7 Å². The second-order valence-corrected chi connectivity index (χ2v) is 5.62. The Morgan fingerprint density at radius 1 is 1.50 bits per heavy atom. The molecule has 3 rings (SSSR count). The number of rotatable bonds is 1. The summed E-state index contributed by atoms with van der Waals surface area (Å²) in [6.07, 6.45) is 0.939. The van der Waals surface area contributed by atoms with E-state index in [1.54, 1.807) is 0 Å². The van der Waals surface area contributed by atoms with Crippen LogP contribution in [0.2, 0.25) is 0 Å². The molecule has 6 heteroatoms. The predicted octanol–water partition coefficient (Wildman–Crippen LogP) is 2.20. The van der Waals surface area contributed by atoms with Crippen molar-refractivity contribution in [3.8, 4) is 0 Å². The zero-order valence-corrected chi connectivity index (χ0v) is 11.5. The standard InChI is InChI=1S/C12H12BrN3O2/c1-16-3-2-6-8(5-16)10-7(4-9(6)13)11(15-18)12(17)14-10/h4,11H,2-3,5H2,1H3,(H,14,17). The van der Waals surface area contributed by atoms with Crippen molar-refractivity contribution in [2.24, 2.45) is 5.18 Å². The number of nitrogens with zero attached hydrogens (tertiary/aromatic N) is 2. The highest BCUT2D eigenvalue weighted by molar-refractivity contribution is 9.10. The SMILES string of the molecule is CN1CCc2c(Br)cc3c(c2C1)NC(=O)C3N=O. The number of carbonyl (C=O) groups is 1. The van der Waals surface area contributed by atoms with Crippen LogP contribution in [-0.4, -0.2) is 24.4 Å². The lowest BCUT2D eigenvalue weighted by molar-refractivity contribution is -0.116. The number of hydrogen-bond donors (Lipinski definition) is 1. The highest BCUT2D eigenvalue weighted by atomic mass is 79.9. The van der Waals surface area contributed by atoms with Gasteiger partial charge in [-0.15, -0.1) is 4.91 Å². The molecule has 0 fully saturated rings. The van der Waals surface area contributed by atoms with Crippen molar-refractivity contribution in [1.29, 1.82) is 0 Å². The van der Waals surface area contributed by atoms with E-state index in [0.29, 0.717) is 5.56 Å². The van der Waals surface area contributed by atoms with Crippen LogP contribution in [0.5, 0.6) is 0 Å². The highest BCUT2D eigenvalue weighted by Crippen LogP contribution is 2.42. The zero-order chi connectivity index (χ0) is 12.9. The molecule has 0 aliphatic carbocycles. The Labute approximate surface area is 113 Å². The smallest absolute Gasteiger partial charge is 0.257 e. The van der Waals surface area contributed by atoms with E-state index in [1.165, 1.54) is 5.56 Å². The number of fused-ring (bicyclic) bond motifs is 3. The maximum absolute atomic E-state index is 11.7. The van der Waals surface area contributed by atoms with E-state index in [2.05, 4.69) is 31.3 Å². The van der Waals surface area contributed by atoms with E-state index in [-0.39, 0.29) is 5.91 Å². The quantitative estimate of drug-likeness (QED) is 0.809. The molecule has 18 heavy (non-hydrogen) atoms. The van der Waals surface area contributed by atoms with Crippen molar-refractivity contribution in [1.82, 2.24) is 4.90 Å². The Morgan fingerprint density at radius 2 is 2.28 bits per heavy atom. The van der Waals surface area contributed by atoms with Gasteiger partial charge in [-0.3, -0.25) is 4.79 Å². The highest BCUT2D eigenvalue weighted by Gasteiger charge is 2.36. The average Bonchev–Trinajstić information content (AvgIpc) is 2.65. The molecule has 0 aromatic heterocycles. The van der Waals surface area contributed by atoms with Crippen LogP contribution < -0.4 is 5.32 Å². The zero-order valence-electron chi connectivity index (χ0n) is 9.86. The Morgan fingerprint density at radius 3 is 3.00 bits per heavy atom. The van der Waals surface area contributed by atoms with E-state index < -0.39 is 6.04 Å². The average molecular weight is 310 g/mol. The molecule has 94 valence electrons. The van der Waals surface area contributed by atoms with Crippen LogP contribution in [0.4, 0.5) is 5.69 Å². The topological polar surface area (TPSA) is 61.8 Å². The van der Waals surface area contributed by atoms with E-state index >= 15 is 0 Å². The molecule has 1 atom stereocenters. The summed E-state index contributed by atoms with van der Waals surface area (Å²) in [7, 11) is 2.04. The summed E-state index contributed by atoms with van der Waals surface area (Å²) < 4.78 is 0.967. The van der Waals surface area contributed by atoms with Crippen LogP contribution in [0, 0.1) is 4.91 Å². The van der Waals surface area contributed by atoms with Gasteiger partial charge >= 0.3 is 0 Å². The normalized spacial score (nSPS) is 22.3. The number of likely N-dealkylation sites (N-methyl/N-ethyl adjacent to an activating group) is 1. The van der Waals surface area contributed by atoms with Gasteiger partial charge in [-0.1, -0.05) is 21.1 Å². The van der Waals surface area contributed by atoms with E-state index in [9.17, 15) is 9.70 Å². The van der Waals surface area contributed by atoms with Crippen LogP contribution in [0.3, 0.4) is 0 Å². The number of halogens is 1. The Balaban J connectivity index is 2.20. The number of nitroso groups, excluding NO2 is 1. The van der Waals surface area contributed by atoms with Gasteiger partial charge in [0.25, 0.3) is 5.91 Å². The van der Waals surface area contributed by atoms with E-state index in [0.717, 1.165) is 35.2 Å². The number of hydrogen-bond acceptors (Lipinski definition) is 4. The fourth-order valence-corrected chi connectivity index (χ4v) is 3.35. The predicted molar refractivity (Wildman–Crippen MR) is 71.3 cm³/mol. The summed E-state index contributed by atoms with van der Waals surface area (Å²) in [6.45, 7) is 1.77. The van der Waals surface area contributed by atoms with Gasteiger partial charge in [-0.25, -0.2) is 0 Å². The summed E-state index contributed by atoms with van der Waals surface area (Å²) in [6, 6.07) is 0.942. The first-order chi connectivity index (χ1) is 8.61. The molecule has 0 saturated heterocycles. The van der Waals surface area contributed by atoms with Gasteiger partial charge < -0.3 is 10.2 Å². The molecule has 1 N–H and O–H groups in total. The van der Waals surface area contributed by atoms with E-state index in [1.807, 2.05) is 13.1 Å². The number of anilines is 1. The van der Waals surface area contributed by atoms with Gasteiger partial charge in [0, 0.05) is 23.1 Å². The fourth-order valence-electron chi connectivity index (χ4n) is 2.66. The summed E-state index contributed by atoms with van der Waals surface area (Å²) in [5.41, 5.74) is 3.80. The maximum atomic E-state index is 11.7. The van der Waals surface area contributed by atoms with Crippen molar-refractivity contribution >= 4 is 27.5 Å². The molecule has 0 saturated carbocycles. The summed E-state index contributed by atoms with van der Waals surface area (Å²) >= 11 is 3.53. The van der Waals surface area contributed by atoms with Gasteiger partial charge in [0.2, 0.25) is 0 Å². The number of carbonyl (C=O) groups excluding carboxylic acids is 1. The van der Waals surface area contributed by atoms with Gasteiger partial charge in [-0.05, 0) is 30.7 Å². The van der Waals surface area contributed by atoms with Gasteiger partial charge in [0.1, 0.15) is 0 Å². The lowest BCUT2D eigenvalue weighted by atomic mass is 9.94. The van der Waals surface area contributed by atoms with Crippen LogP contribution in [-0.2, 0) is 17.8 Å².